The van der Waals surface area contributed by atoms with E-state index in [0.717, 1.165) is 40.8 Å². The fourth-order valence-corrected chi connectivity index (χ4v) is 2.06. The molecule has 0 fully saturated rings. The van der Waals surface area contributed by atoms with Gasteiger partial charge in [0, 0.05) is 18.5 Å². The van der Waals surface area contributed by atoms with Gasteiger partial charge in [0.1, 0.15) is 11.3 Å². The Labute approximate surface area is 103 Å². The predicted octanol–water partition coefficient (Wildman–Crippen LogP) is 2.50. The van der Waals surface area contributed by atoms with Crippen molar-refractivity contribution in [2.45, 2.75) is 6.54 Å². The summed E-state index contributed by atoms with van der Waals surface area (Å²) in [5.41, 5.74) is 0.924. The third kappa shape index (κ3) is 2.64. The maximum atomic E-state index is 5.75. The van der Waals surface area contributed by atoms with Crippen LogP contribution in [0, 0.1) is 0 Å². The number of hydrogen-bond acceptors (Lipinski definition) is 3. The van der Waals surface area contributed by atoms with E-state index in [1.807, 2.05) is 19.2 Å². The Morgan fingerprint density at radius 3 is 2.94 bits per heavy atom. The molecular weight excluding hydrogens is 268 g/mol. The SMILES string of the molecule is CNCCNCc1cc2cccc(Br)c2o1. The van der Waals surface area contributed by atoms with Gasteiger partial charge in [-0.05, 0) is 35.1 Å². The van der Waals surface area contributed by atoms with Gasteiger partial charge in [0.25, 0.3) is 0 Å². The monoisotopic (exact) mass is 282 g/mol. The van der Waals surface area contributed by atoms with Crippen LogP contribution in [0.5, 0.6) is 0 Å². The van der Waals surface area contributed by atoms with E-state index < -0.39 is 0 Å². The van der Waals surface area contributed by atoms with Crippen LogP contribution in [0.25, 0.3) is 11.0 Å². The average Bonchev–Trinajstić information content (AvgIpc) is 2.69. The molecule has 0 aliphatic carbocycles. The van der Waals surface area contributed by atoms with Gasteiger partial charge in [0.05, 0.1) is 11.0 Å². The number of nitrogens with one attached hydrogen (secondary N) is 2. The number of rotatable bonds is 5. The summed E-state index contributed by atoms with van der Waals surface area (Å²) < 4.78 is 6.76. The normalized spacial score (nSPS) is 11.1. The lowest BCUT2D eigenvalue weighted by molar-refractivity contribution is 0.511. The number of fused-ring (bicyclic) bond motifs is 1. The Kier molecular flexibility index (Phi) is 3.98. The van der Waals surface area contributed by atoms with Crippen molar-refractivity contribution >= 4 is 26.9 Å². The van der Waals surface area contributed by atoms with Crippen LogP contribution in [0.15, 0.2) is 33.2 Å². The Morgan fingerprint density at radius 2 is 2.19 bits per heavy atom. The zero-order valence-corrected chi connectivity index (χ0v) is 10.8. The van der Waals surface area contributed by atoms with Crippen molar-refractivity contribution in [1.29, 1.82) is 0 Å². The second-order valence-corrected chi connectivity index (χ2v) is 4.51. The van der Waals surface area contributed by atoms with Crippen LogP contribution in [-0.2, 0) is 6.54 Å². The van der Waals surface area contributed by atoms with Crippen LogP contribution in [0.3, 0.4) is 0 Å². The lowest BCUT2D eigenvalue weighted by atomic mass is 10.2. The van der Waals surface area contributed by atoms with E-state index in [2.05, 4.69) is 38.7 Å². The Morgan fingerprint density at radius 1 is 1.31 bits per heavy atom. The number of hydrogen-bond donors (Lipinski definition) is 2. The highest BCUT2D eigenvalue weighted by Gasteiger charge is 2.05. The van der Waals surface area contributed by atoms with E-state index in [4.69, 9.17) is 4.42 Å². The van der Waals surface area contributed by atoms with Crippen LogP contribution in [-0.4, -0.2) is 20.1 Å². The molecule has 86 valence electrons. The van der Waals surface area contributed by atoms with Crippen molar-refractivity contribution in [3.63, 3.8) is 0 Å². The summed E-state index contributed by atoms with van der Waals surface area (Å²) in [7, 11) is 1.94. The molecular formula is C12H15BrN2O. The van der Waals surface area contributed by atoms with Gasteiger partial charge in [-0.25, -0.2) is 0 Å². The Hall–Kier alpha value is -0.840. The summed E-state index contributed by atoms with van der Waals surface area (Å²) in [6, 6.07) is 8.14. The summed E-state index contributed by atoms with van der Waals surface area (Å²) in [6.07, 6.45) is 0. The third-order valence-electron chi connectivity index (χ3n) is 2.40. The molecule has 1 aromatic heterocycles. The molecule has 0 amide bonds. The van der Waals surface area contributed by atoms with E-state index in [1.54, 1.807) is 0 Å². The number of halogens is 1. The van der Waals surface area contributed by atoms with Gasteiger partial charge < -0.3 is 15.1 Å². The van der Waals surface area contributed by atoms with Crippen LogP contribution in [0.2, 0.25) is 0 Å². The van der Waals surface area contributed by atoms with Crippen LogP contribution in [0.1, 0.15) is 5.76 Å². The van der Waals surface area contributed by atoms with Crippen LogP contribution in [0.4, 0.5) is 0 Å². The molecule has 0 unspecified atom stereocenters. The molecule has 0 aliphatic heterocycles. The number of likely N-dealkylation sites (N-methyl/N-ethyl adjacent to an activating group) is 1. The van der Waals surface area contributed by atoms with Gasteiger partial charge in [-0.3, -0.25) is 0 Å². The molecule has 0 spiro atoms. The molecule has 0 aliphatic rings. The standard InChI is InChI=1S/C12H15BrN2O/c1-14-5-6-15-8-10-7-9-3-2-4-11(13)12(9)16-10/h2-4,7,14-15H,5-6,8H2,1H3. The first-order valence-corrected chi connectivity index (χ1v) is 6.13. The van der Waals surface area contributed by atoms with E-state index in [9.17, 15) is 0 Å². The smallest absolute Gasteiger partial charge is 0.148 e. The number of benzene rings is 1. The van der Waals surface area contributed by atoms with Crippen molar-refractivity contribution < 1.29 is 4.42 Å². The average molecular weight is 283 g/mol. The lowest BCUT2D eigenvalue weighted by Crippen LogP contribution is -2.24. The molecule has 0 bridgehead atoms. The lowest BCUT2D eigenvalue weighted by Gasteiger charge is -2.00. The first-order chi connectivity index (χ1) is 7.81. The molecule has 0 atom stereocenters. The van der Waals surface area contributed by atoms with Crippen LogP contribution >= 0.6 is 15.9 Å². The van der Waals surface area contributed by atoms with Crippen molar-refractivity contribution in [3.8, 4) is 0 Å². The first-order valence-electron chi connectivity index (χ1n) is 5.33. The summed E-state index contributed by atoms with van der Waals surface area (Å²) in [5.74, 6) is 0.970. The predicted molar refractivity (Wildman–Crippen MR) is 69.5 cm³/mol. The number of furan rings is 1. The summed E-state index contributed by atoms with van der Waals surface area (Å²) in [4.78, 5) is 0. The largest absolute Gasteiger partial charge is 0.459 e. The Bertz CT molecular complexity index is 467. The van der Waals surface area contributed by atoms with Gasteiger partial charge in [0.2, 0.25) is 0 Å². The zero-order chi connectivity index (χ0) is 11.4. The summed E-state index contributed by atoms with van der Waals surface area (Å²) >= 11 is 3.48. The van der Waals surface area contributed by atoms with Gasteiger partial charge in [-0.2, -0.15) is 0 Å². The highest BCUT2D eigenvalue weighted by Crippen LogP contribution is 2.26. The molecule has 2 N–H and O–H groups in total. The maximum absolute atomic E-state index is 5.75. The first kappa shape index (κ1) is 11.6. The number of para-hydroxylation sites is 1. The van der Waals surface area contributed by atoms with E-state index in [-0.39, 0.29) is 0 Å². The molecule has 2 aromatic rings. The van der Waals surface area contributed by atoms with Gasteiger partial charge >= 0.3 is 0 Å². The zero-order valence-electron chi connectivity index (χ0n) is 9.22. The topological polar surface area (TPSA) is 37.2 Å². The van der Waals surface area contributed by atoms with E-state index in [1.165, 1.54) is 0 Å². The minimum Gasteiger partial charge on any atom is -0.459 e. The van der Waals surface area contributed by atoms with Gasteiger partial charge in [-0.15, -0.1) is 0 Å². The highest BCUT2D eigenvalue weighted by atomic mass is 79.9. The molecule has 4 heteroatoms. The molecule has 2 rings (SSSR count). The molecule has 3 nitrogen and oxygen atoms in total. The van der Waals surface area contributed by atoms with Gasteiger partial charge in [-0.1, -0.05) is 12.1 Å². The fraction of sp³-hybridized carbons (Fsp3) is 0.333. The molecule has 16 heavy (non-hydrogen) atoms. The second-order valence-electron chi connectivity index (χ2n) is 3.65. The van der Waals surface area contributed by atoms with Crippen molar-refractivity contribution in [1.82, 2.24) is 10.6 Å². The van der Waals surface area contributed by atoms with Crippen molar-refractivity contribution in [2.75, 3.05) is 20.1 Å². The molecule has 0 saturated carbocycles. The molecule has 1 heterocycles. The Balaban J connectivity index is 2.05. The molecule has 0 radical (unpaired) electrons. The third-order valence-corrected chi connectivity index (χ3v) is 3.02. The minimum atomic E-state index is 0.767. The van der Waals surface area contributed by atoms with Crippen molar-refractivity contribution in [2.24, 2.45) is 0 Å². The van der Waals surface area contributed by atoms with E-state index >= 15 is 0 Å². The van der Waals surface area contributed by atoms with Gasteiger partial charge in [0.15, 0.2) is 0 Å². The van der Waals surface area contributed by atoms with Crippen molar-refractivity contribution in [3.05, 3.63) is 34.5 Å². The van der Waals surface area contributed by atoms with E-state index in [0.29, 0.717) is 0 Å². The quantitative estimate of drug-likeness (QED) is 0.828. The summed E-state index contributed by atoms with van der Waals surface area (Å²) in [6.45, 7) is 2.67. The fourth-order valence-electron chi connectivity index (χ4n) is 1.59. The molecule has 0 saturated heterocycles. The van der Waals surface area contributed by atoms with Crippen LogP contribution < -0.4 is 10.6 Å². The maximum Gasteiger partial charge on any atom is 0.148 e. The highest BCUT2D eigenvalue weighted by molar-refractivity contribution is 9.10. The minimum absolute atomic E-state index is 0.767. The summed E-state index contributed by atoms with van der Waals surface area (Å²) in [5, 5.41) is 7.54. The second kappa shape index (κ2) is 5.48. The molecule has 1 aromatic carbocycles.